The van der Waals surface area contributed by atoms with Crippen LogP contribution in [0.25, 0.3) is 5.65 Å². The van der Waals surface area contributed by atoms with E-state index >= 15 is 0 Å². The van der Waals surface area contributed by atoms with Crippen LogP contribution in [0.4, 0.5) is 5.82 Å². The van der Waals surface area contributed by atoms with Gasteiger partial charge in [0.15, 0.2) is 5.65 Å². The van der Waals surface area contributed by atoms with Crippen molar-refractivity contribution in [3.8, 4) is 0 Å². The van der Waals surface area contributed by atoms with Gasteiger partial charge in [-0.3, -0.25) is 4.79 Å². The average molecular weight is 429 g/mol. The molecule has 2 unspecified atom stereocenters. The maximum Gasteiger partial charge on any atom is 0.236 e. The van der Waals surface area contributed by atoms with Gasteiger partial charge in [-0.05, 0) is 45.4 Å². The van der Waals surface area contributed by atoms with Gasteiger partial charge in [0.1, 0.15) is 5.82 Å². The minimum atomic E-state index is 0.0634. The third-order valence-corrected chi connectivity index (χ3v) is 8.25. The number of fused-ring (bicyclic) bond motifs is 1. The van der Waals surface area contributed by atoms with Crippen LogP contribution in [0.1, 0.15) is 62.7 Å². The van der Waals surface area contributed by atoms with Gasteiger partial charge in [-0.15, -0.1) is 11.8 Å². The largest absolute Gasteiger partial charge is 0.355 e. The second-order valence-corrected chi connectivity index (χ2v) is 10.8. The predicted molar refractivity (Wildman–Crippen MR) is 121 cm³/mol. The van der Waals surface area contributed by atoms with Gasteiger partial charge in [0.05, 0.1) is 17.0 Å². The SMILES string of the molecule is Cc1cn2nc([C@@H]3CCCCN3C(=O)C3CCC(C)S3)cc2nc1N1CC[C@H](N)C1. The minimum Gasteiger partial charge on any atom is -0.355 e. The van der Waals surface area contributed by atoms with E-state index in [-0.39, 0.29) is 17.3 Å². The van der Waals surface area contributed by atoms with Gasteiger partial charge in [0.25, 0.3) is 0 Å². The van der Waals surface area contributed by atoms with E-state index in [1.807, 2.05) is 16.3 Å². The molecular formula is C22H32N6OS. The Bertz CT molecular complexity index is 945. The minimum absolute atomic E-state index is 0.0634. The highest BCUT2D eigenvalue weighted by Gasteiger charge is 2.37. The molecule has 3 saturated heterocycles. The van der Waals surface area contributed by atoms with Gasteiger partial charge in [-0.25, -0.2) is 9.50 Å². The molecule has 162 valence electrons. The van der Waals surface area contributed by atoms with Crippen molar-refractivity contribution in [1.29, 1.82) is 0 Å². The number of anilines is 1. The van der Waals surface area contributed by atoms with E-state index in [1.54, 1.807) is 0 Å². The van der Waals surface area contributed by atoms with E-state index in [2.05, 4.69) is 35.9 Å². The molecule has 5 rings (SSSR count). The van der Waals surface area contributed by atoms with Gasteiger partial charge in [-0.2, -0.15) is 5.10 Å². The molecule has 1 amide bonds. The summed E-state index contributed by atoms with van der Waals surface area (Å²) in [6.45, 7) is 6.96. The van der Waals surface area contributed by atoms with Crippen molar-refractivity contribution in [2.75, 3.05) is 24.5 Å². The van der Waals surface area contributed by atoms with Gasteiger partial charge in [0.2, 0.25) is 5.91 Å². The van der Waals surface area contributed by atoms with Crippen LogP contribution in [0, 0.1) is 6.92 Å². The zero-order chi connectivity index (χ0) is 20.8. The average Bonchev–Trinajstić information content (AvgIpc) is 3.46. The number of piperidine rings is 1. The summed E-state index contributed by atoms with van der Waals surface area (Å²) in [4.78, 5) is 22.6. The van der Waals surface area contributed by atoms with Crippen molar-refractivity contribution in [2.45, 2.75) is 75.0 Å². The molecule has 0 spiro atoms. The van der Waals surface area contributed by atoms with Crippen molar-refractivity contribution < 1.29 is 4.79 Å². The van der Waals surface area contributed by atoms with Crippen molar-refractivity contribution >= 4 is 29.1 Å². The van der Waals surface area contributed by atoms with Crippen molar-refractivity contribution in [2.24, 2.45) is 5.73 Å². The fourth-order valence-corrected chi connectivity index (χ4v) is 6.51. The zero-order valence-electron chi connectivity index (χ0n) is 18.0. The van der Waals surface area contributed by atoms with Crippen LogP contribution in [0.5, 0.6) is 0 Å². The molecule has 8 heteroatoms. The molecule has 2 aromatic heterocycles. The van der Waals surface area contributed by atoms with E-state index in [1.165, 1.54) is 0 Å². The number of carbonyl (C=O) groups excluding carboxylic acids is 1. The Hall–Kier alpha value is -1.80. The highest BCUT2D eigenvalue weighted by Crippen LogP contribution is 2.38. The Morgan fingerprint density at radius 1 is 1.20 bits per heavy atom. The van der Waals surface area contributed by atoms with Crippen LogP contribution >= 0.6 is 11.8 Å². The molecule has 4 atom stereocenters. The molecule has 3 aliphatic heterocycles. The monoisotopic (exact) mass is 428 g/mol. The lowest BCUT2D eigenvalue weighted by molar-refractivity contribution is -0.134. The maximum atomic E-state index is 13.3. The third-order valence-electron chi connectivity index (χ3n) is 6.78. The Labute approximate surface area is 182 Å². The standard InChI is InChI=1S/C22H32N6OS/c1-14-12-28-20(24-21(14)26-10-8-16(23)13-26)11-17(25-28)18-5-3-4-9-27(18)22(29)19-7-6-15(2)30-19/h11-12,15-16,18-19H,3-10,13,23H2,1-2H3/t15?,16-,18-,19?/m0/s1. The van der Waals surface area contributed by atoms with E-state index in [4.69, 9.17) is 15.8 Å². The molecule has 0 aliphatic carbocycles. The van der Waals surface area contributed by atoms with Gasteiger partial charge in [-0.1, -0.05) is 6.92 Å². The van der Waals surface area contributed by atoms with E-state index < -0.39 is 0 Å². The first-order valence-corrected chi connectivity index (χ1v) is 12.3. The summed E-state index contributed by atoms with van der Waals surface area (Å²) in [5, 5.41) is 5.56. The molecule has 5 heterocycles. The highest BCUT2D eigenvalue weighted by molar-refractivity contribution is 8.01. The summed E-state index contributed by atoms with van der Waals surface area (Å²) < 4.78 is 1.88. The van der Waals surface area contributed by atoms with Crippen molar-refractivity contribution in [3.63, 3.8) is 0 Å². The van der Waals surface area contributed by atoms with Crippen LogP contribution in [0.15, 0.2) is 12.3 Å². The lowest BCUT2D eigenvalue weighted by Crippen LogP contribution is -2.42. The van der Waals surface area contributed by atoms with E-state index in [9.17, 15) is 4.79 Å². The van der Waals surface area contributed by atoms with Gasteiger partial charge < -0.3 is 15.5 Å². The van der Waals surface area contributed by atoms with Crippen LogP contribution in [-0.2, 0) is 4.79 Å². The normalized spacial score (nSPS) is 29.8. The fourth-order valence-electron chi connectivity index (χ4n) is 5.15. The number of nitrogens with zero attached hydrogens (tertiary/aromatic N) is 5. The molecule has 2 aromatic rings. The lowest BCUT2D eigenvalue weighted by Gasteiger charge is -2.36. The van der Waals surface area contributed by atoms with E-state index in [0.717, 1.165) is 80.9 Å². The van der Waals surface area contributed by atoms with E-state index in [0.29, 0.717) is 11.2 Å². The Morgan fingerprint density at radius 3 is 2.80 bits per heavy atom. The summed E-state index contributed by atoms with van der Waals surface area (Å²) in [5.41, 5.74) is 9.04. The summed E-state index contributed by atoms with van der Waals surface area (Å²) in [6, 6.07) is 2.37. The Kier molecular flexibility index (Phi) is 5.39. The second-order valence-electron chi connectivity index (χ2n) is 9.17. The molecule has 3 aliphatic rings. The molecule has 3 fully saturated rings. The number of likely N-dealkylation sites (tertiary alicyclic amines) is 1. The summed E-state index contributed by atoms with van der Waals surface area (Å²) in [6.07, 6.45) is 8.41. The van der Waals surface area contributed by atoms with Gasteiger partial charge >= 0.3 is 0 Å². The van der Waals surface area contributed by atoms with Crippen LogP contribution in [0.3, 0.4) is 0 Å². The number of aromatic nitrogens is 3. The number of aryl methyl sites for hydroxylation is 1. The molecule has 2 N–H and O–H groups in total. The lowest BCUT2D eigenvalue weighted by atomic mass is 9.98. The molecule has 30 heavy (non-hydrogen) atoms. The number of hydrogen-bond donors (Lipinski definition) is 1. The topological polar surface area (TPSA) is 79.8 Å². The first-order chi connectivity index (χ1) is 14.5. The molecule has 0 saturated carbocycles. The maximum absolute atomic E-state index is 13.3. The molecule has 7 nitrogen and oxygen atoms in total. The predicted octanol–water partition coefficient (Wildman–Crippen LogP) is 2.91. The summed E-state index contributed by atoms with van der Waals surface area (Å²) in [7, 11) is 0. The summed E-state index contributed by atoms with van der Waals surface area (Å²) >= 11 is 1.84. The third kappa shape index (κ3) is 3.68. The first kappa shape index (κ1) is 20.1. The number of hydrogen-bond acceptors (Lipinski definition) is 6. The molecule has 0 radical (unpaired) electrons. The van der Waals surface area contributed by atoms with Crippen LogP contribution in [-0.4, -0.2) is 61.6 Å². The van der Waals surface area contributed by atoms with Crippen molar-refractivity contribution in [3.05, 3.63) is 23.5 Å². The number of rotatable bonds is 3. The zero-order valence-corrected chi connectivity index (χ0v) is 18.8. The second kappa shape index (κ2) is 8.04. The number of nitrogens with two attached hydrogens (primary N) is 1. The van der Waals surface area contributed by atoms with Crippen LogP contribution < -0.4 is 10.6 Å². The van der Waals surface area contributed by atoms with Crippen molar-refractivity contribution in [1.82, 2.24) is 19.5 Å². The highest BCUT2D eigenvalue weighted by atomic mass is 32.2. The smallest absolute Gasteiger partial charge is 0.236 e. The molecule has 0 aromatic carbocycles. The quantitative estimate of drug-likeness (QED) is 0.810. The molecule has 0 bridgehead atoms. The number of thioether (sulfide) groups is 1. The van der Waals surface area contributed by atoms with Gasteiger partial charge in [0, 0.05) is 48.8 Å². The fraction of sp³-hybridized carbons (Fsp3) is 0.682. The Morgan fingerprint density at radius 2 is 2.07 bits per heavy atom. The molecular weight excluding hydrogens is 396 g/mol. The summed E-state index contributed by atoms with van der Waals surface area (Å²) in [5.74, 6) is 1.32. The number of amides is 1. The first-order valence-electron chi connectivity index (χ1n) is 11.3. The van der Waals surface area contributed by atoms with Crippen LogP contribution in [0.2, 0.25) is 0 Å². The Balaban J connectivity index is 1.43. The number of carbonyl (C=O) groups is 1.